The quantitative estimate of drug-likeness (QED) is 0.859. The predicted octanol–water partition coefficient (Wildman–Crippen LogP) is 2.72. The van der Waals surface area contributed by atoms with Gasteiger partial charge in [-0.15, -0.1) is 0 Å². The number of carbonyl (C=O) groups is 1. The van der Waals surface area contributed by atoms with E-state index in [1.54, 1.807) is 19.9 Å². The molecule has 1 N–H and O–H groups in total. The topological polar surface area (TPSA) is 66.5 Å². The first-order valence-electron chi connectivity index (χ1n) is 7.97. The van der Waals surface area contributed by atoms with Gasteiger partial charge in [0.25, 0.3) is 0 Å². The summed E-state index contributed by atoms with van der Waals surface area (Å²) in [5.74, 6) is -0.706. The Balaban J connectivity index is 1.94. The molecule has 134 valence electrons. The minimum Gasteiger partial charge on any atom is -0.349 e. The molecule has 0 aliphatic carbocycles. The van der Waals surface area contributed by atoms with E-state index in [9.17, 15) is 17.6 Å². The molecule has 0 radical (unpaired) electrons. The zero-order valence-corrected chi connectivity index (χ0v) is 15.3. The van der Waals surface area contributed by atoms with Gasteiger partial charge in [0.2, 0.25) is 15.9 Å². The van der Waals surface area contributed by atoms with Gasteiger partial charge in [0, 0.05) is 24.0 Å². The molecule has 0 bridgehead atoms. The molecule has 0 saturated carbocycles. The molecule has 1 saturated heterocycles. The number of carbonyl (C=O) groups excluding carboxylic acids is 1. The van der Waals surface area contributed by atoms with Gasteiger partial charge in [-0.1, -0.05) is 17.7 Å². The Morgan fingerprint density at radius 2 is 2.04 bits per heavy atom. The van der Waals surface area contributed by atoms with Gasteiger partial charge in [-0.3, -0.25) is 4.79 Å². The minimum atomic E-state index is -3.20. The summed E-state index contributed by atoms with van der Waals surface area (Å²) < 4.78 is 38.2. The number of amides is 1. The number of benzene rings is 1. The molecule has 1 fully saturated rings. The zero-order valence-electron chi connectivity index (χ0n) is 13.8. The van der Waals surface area contributed by atoms with Gasteiger partial charge in [-0.05, 0) is 44.4 Å². The van der Waals surface area contributed by atoms with Crippen molar-refractivity contribution in [1.82, 2.24) is 9.62 Å². The molecule has 8 heteroatoms. The number of sulfonamides is 1. The monoisotopic (exact) mass is 376 g/mol. The summed E-state index contributed by atoms with van der Waals surface area (Å²) in [5, 5.41) is 3.15. The SMILES string of the molecule is CCS(=O)(=O)N1CCC(C(=O)NC(C)c2ccc(F)cc2Cl)CC1. The fourth-order valence-corrected chi connectivity index (χ4v) is 4.30. The van der Waals surface area contributed by atoms with Crippen molar-refractivity contribution >= 4 is 27.5 Å². The maximum atomic E-state index is 13.1. The number of hydrogen-bond acceptors (Lipinski definition) is 3. The highest BCUT2D eigenvalue weighted by atomic mass is 35.5. The van der Waals surface area contributed by atoms with E-state index in [-0.39, 0.29) is 28.6 Å². The highest BCUT2D eigenvalue weighted by molar-refractivity contribution is 7.89. The lowest BCUT2D eigenvalue weighted by molar-refractivity contribution is -0.126. The summed E-state index contributed by atoms with van der Waals surface area (Å²) >= 11 is 6.01. The van der Waals surface area contributed by atoms with Crippen molar-refractivity contribution in [2.45, 2.75) is 32.7 Å². The van der Waals surface area contributed by atoms with E-state index in [1.807, 2.05) is 0 Å². The van der Waals surface area contributed by atoms with Crippen molar-refractivity contribution in [2.75, 3.05) is 18.8 Å². The molecule has 2 rings (SSSR count). The van der Waals surface area contributed by atoms with Gasteiger partial charge in [-0.2, -0.15) is 0 Å². The summed E-state index contributed by atoms with van der Waals surface area (Å²) in [7, 11) is -3.20. The molecule has 1 unspecified atom stereocenters. The lowest BCUT2D eigenvalue weighted by atomic mass is 9.96. The fourth-order valence-electron chi connectivity index (χ4n) is 2.84. The molecule has 24 heavy (non-hydrogen) atoms. The third kappa shape index (κ3) is 4.46. The Bertz CT molecular complexity index is 703. The second kappa shape index (κ2) is 7.80. The van der Waals surface area contributed by atoms with Crippen molar-refractivity contribution in [3.63, 3.8) is 0 Å². The Morgan fingerprint density at radius 3 is 2.58 bits per heavy atom. The normalized spacial score (nSPS) is 18.3. The van der Waals surface area contributed by atoms with Crippen LogP contribution in [-0.4, -0.2) is 37.5 Å². The number of nitrogens with one attached hydrogen (secondary N) is 1. The number of nitrogens with zero attached hydrogens (tertiary/aromatic N) is 1. The summed E-state index contributed by atoms with van der Waals surface area (Å²) in [5.41, 5.74) is 0.650. The van der Waals surface area contributed by atoms with Crippen LogP contribution in [0, 0.1) is 11.7 Å². The summed E-state index contributed by atoms with van der Waals surface area (Å²) in [6, 6.07) is 3.73. The van der Waals surface area contributed by atoms with Crippen LogP contribution in [0.3, 0.4) is 0 Å². The van der Waals surface area contributed by atoms with Gasteiger partial charge < -0.3 is 5.32 Å². The Kier molecular flexibility index (Phi) is 6.22. The van der Waals surface area contributed by atoms with Crippen LogP contribution in [0.4, 0.5) is 4.39 Å². The lowest BCUT2D eigenvalue weighted by Gasteiger charge is -2.31. The molecule has 1 amide bonds. The molecule has 0 aromatic heterocycles. The highest BCUT2D eigenvalue weighted by Gasteiger charge is 2.30. The highest BCUT2D eigenvalue weighted by Crippen LogP contribution is 2.25. The van der Waals surface area contributed by atoms with E-state index in [1.165, 1.54) is 16.4 Å². The number of hydrogen-bond donors (Lipinski definition) is 1. The summed E-state index contributed by atoms with van der Waals surface area (Å²) in [6.07, 6.45) is 0.990. The summed E-state index contributed by atoms with van der Waals surface area (Å²) in [4.78, 5) is 12.4. The van der Waals surface area contributed by atoms with Crippen LogP contribution in [0.25, 0.3) is 0 Å². The van der Waals surface area contributed by atoms with Gasteiger partial charge >= 0.3 is 0 Å². The lowest BCUT2D eigenvalue weighted by Crippen LogP contribution is -2.43. The molecule has 1 aliphatic rings. The first kappa shape index (κ1) is 19.1. The van der Waals surface area contributed by atoms with Crippen molar-refractivity contribution in [2.24, 2.45) is 5.92 Å². The molecule has 1 heterocycles. The predicted molar refractivity (Wildman–Crippen MR) is 91.7 cm³/mol. The maximum absolute atomic E-state index is 13.1. The Hall–Kier alpha value is -1.18. The summed E-state index contributed by atoms with van der Waals surface area (Å²) in [6.45, 7) is 4.12. The second-order valence-corrected chi connectivity index (χ2v) is 8.63. The fraction of sp³-hybridized carbons (Fsp3) is 0.562. The van der Waals surface area contributed by atoms with E-state index in [0.29, 0.717) is 31.5 Å². The van der Waals surface area contributed by atoms with Gasteiger partial charge in [0.1, 0.15) is 5.82 Å². The number of halogens is 2. The minimum absolute atomic E-state index is 0.0734. The van der Waals surface area contributed by atoms with Gasteiger partial charge in [0.15, 0.2) is 0 Å². The third-order valence-corrected chi connectivity index (χ3v) is 6.58. The van der Waals surface area contributed by atoms with Gasteiger partial charge in [0.05, 0.1) is 11.8 Å². The molecule has 1 aromatic carbocycles. The van der Waals surface area contributed by atoms with E-state index >= 15 is 0 Å². The molecule has 1 atom stereocenters. The third-order valence-electron chi connectivity index (χ3n) is 4.37. The van der Waals surface area contributed by atoms with Crippen LogP contribution < -0.4 is 5.32 Å². The number of rotatable bonds is 5. The van der Waals surface area contributed by atoms with Crippen molar-refractivity contribution < 1.29 is 17.6 Å². The molecule has 1 aliphatic heterocycles. The molecule has 0 spiro atoms. The van der Waals surface area contributed by atoms with Crippen LogP contribution in [0.5, 0.6) is 0 Å². The smallest absolute Gasteiger partial charge is 0.223 e. The maximum Gasteiger partial charge on any atom is 0.223 e. The second-order valence-electron chi connectivity index (χ2n) is 5.97. The van der Waals surface area contributed by atoms with E-state index in [4.69, 9.17) is 11.6 Å². The van der Waals surface area contributed by atoms with E-state index < -0.39 is 15.8 Å². The van der Waals surface area contributed by atoms with E-state index in [0.717, 1.165) is 0 Å². The van der Waals surface area contributed by atoms with Crippen molar-refractivity contribution in [3.05, 3.63) is 34.6 Å². The van der Waals surface area contributed by atoms with Crippen LogP contribution in [0.1, 0.15) is 38.3 Å². The molecule has 1 aromatic rings. The molecule has 5 nitrogen and oxygen atoms in total. The Morgan fingerprint density at radius 1 is 1.42 bits per heavy atom. The first-order valence-corrected chi connectivity index (χ1v) is 9.96. The molecular formula is C16H22ClFN2O3S. The zero-order chi connectivity index (χ0) is 17.9. The van der Waals surface area contributed by atoms with Crippen LogP contribution in [0.2, 0.25) is 5.02 Å². The number of piperidine rings is 1. The molecular weight excluding hydrogens is 355 g/mol. The first-order chi connectivity index (χ1) is 11.2. The van der Waals surface area contributed by atoms with Crippen LogP contribution in [0.15, 0.2) is 18.2 Å². The standard InChI is InChI=1S/C16H22ClFN2O3S/c1-3-24(22,23)20-8-6-12(7-9-20)16(21)19-11(2)14-5-4-13(18)10-15(14)17/h4-5,10-12H,3,6-9H2,1-2H3,(H,19,21). The van der Waals surface area contributed by atoms with Crippen LogP contribution in [-0.2, 0) is 14.8 Å². The average molecular weight is 377 g/mol. The van der Waals surface area contributed by atoms with Gasteiger partial charge in [-0.25, -0.2) is 17.1 Å². The van der Waals surface area contributed by atoms with Crippen molar-refractivity contribution in [3.8, 4) is 0 Å². The Labute approximate surface area is 147 Å². The van der Waals surface area contributed by atoms with Crippen molar-refractivity contribution in [1.29, 1.82) is 0 Å². The van der Waals surface area contributed by atoms with E-state index in [2.05, 4.69) is 5.32 Å². The largest absolute Gasteiger partial charge is 0.349 e. The van der Waals surface area contributed by atoms with Crippen LogP contribution >= 0.6 is 11.6 Å². The average Bonchev–Trinajstić information content (AvgIpc) is 2.54.